The molecule has 0 spiro atoms. The van der Waals surface area contributed by atoms with Gasteiger partial charge in [0.05, 0.1) is 6.42 Å². The van der Waals surface area contributed by atoms with Crippen molar-refractivity contribution < 1.29 is 9.53 Å². The molecule has 0 fully saturated rings. The third kappa shape index (κ3) is 2.76. The Morgan fingerprint density at radius 3 is 2.59 bits per heavy atom. The topological polar surface area (TPSA) is 57.0 Å². The van der Waals surface area contributed by atoms with E-state index < -0.39 is 0 Å². The molecule has 2 heterocycles. The number of ether oxygens (including phenoxy) is 1. The number of fused-ring (bicyclic) bond motifs is 3. The number of carbonyl (C=O) groups excluding carboxylic acids is 1. The zero-order valence-corrected chi connectivity index (χ0v) is 14.9. The van der Waals surface area contributed by atoms with Crippen LogP contribution in [0, 0.1) is 0 Å². The molecular formula is C21H14ClN3O2. The van der Waals surface area contributed by atoms with Crippen molar-refractivity contribution in [3.8, 4) is 5.75 Å². The van der Waals surface area contributed by atoms with Crippen molar-refractivity contribution in [3.63, 3.8) is 0 Å². The van der Waals surface area contributed by atoms with Gasteiger partial charge in [0.25, 0.3) is 0 Å². The molecule has 4 aromatic rings. The fourth-order valence-electron chi connectivity index (χ4n) is 3.62. The van der Waals surface area contributed by atoms with Crippen LogP contribution in [-0.2, 0) is 11.2 Å². The molecule has 0 aliphatic carbocycles. The monoisotopic (exact) mass is 375 g/mol. The summed E-state index contributed by atoms with van der Waals surface area (Å²) in [5.74, 6) is 0.432. The van der Waals surface area contributed by atoms with E-state index in [2.05, 4.69) is 28.3 Å². The number of rotatable bonds is 3. The molecule has 1 aromatic heterocycles. The van der Waals surface area contributed by atoms with E-state index in [-0.39, 0.29) is 12.0 Å². The molecule has 27 heavy (non-hydrogen) atoms. The van der Waals surface area contributed by atoms with Crippen molar-refractivity contribution in [1.29, 1.82) is 0 Å². The summed E-state index contributed by atoms with van der Waals surface area (Å²) in [5.41, 5.74) is 3.03. The van der Waals surface area contributed by atoms with Crippen LogP contribution in [0.4, 0.5) is 0 Å². The van der Waals surface area contributed by atoms with Gasteiger partial charge < -0.3 is 4.74 Å². The second kappa shape index (κ2) is 6.21. The Balaban J connectivity index is 1.70. The van der Waals surface area contributed by atoms with Crippen LogP contribution < -0.4 is 4.74 Å². The number of halogens is 1. The summed E-state index contributed by atoms with van der Waals surface area (Å²) in [7, 11) is 0. The zero-order valence-electron chi connectivity index (χ0n) is 14.2. The first-order chi connectivity index (χ1) is 13.2. The largest absolute Gasteiger partial charge is 0.426 e. The third-order valence-corrected chi connectivity index (χ3v) is 5.11. The number of esters is 1. The molecule has 3 aromatic carbocycles. The average molecular weight is 376 g/mol. The van der Waals surface area contributed by atoms with E-state index >= 15 is 0 Å². The maximum Gasteiger partial charge on any atom is 0.315 e. The second-order valence-electron chi connectivity index (χ2n) is 6.50. The van der Waals surface area contributed by atoms with Gasteiger partial charge in [-0.05, 0) is 46.2 Å². The molecule has 1 atom stereocenters. The van der Waals surface area contributed by atoms with E-state index in [0.29, 0.717) is 17.2 Å². The number of carbonyl (C=O) groups is 1. The smallest absolute Gasteiger partial charge is 0.315 e. The number of nitrogens with zero attached hydrogens (tertiary/aromatic N) is 3. The van der Waals surface area contributed by atoms with Gasteiger partial charge in [-0.15, -0.1) is 0 Å². The summed E-state index contributed by atoms with van der Waals surface area (Å²) in [5, 5.41) is 7.13. The Morgan fingerprint density at radius 1 is 1.04 bits per heavy atom. The van der Waals surface area contributed by atoms with Crippen LogP contribution in [0.2, 0.25) is 5.02 Å². The van der Waals surface area contributed by atoms with Gasteiger partial charge in [0, 0.05) is 10.6 Å². The summed E-state index contributed by atoms with van der Waals surface area (Å²) < 4.78 is 7.12. The minimum atomic E-state index is -0.214. The Morgan fingerprint density at radius 2 is 1.81 bits per heavy atom. The van der Waals surface area contributed by atoms with Gasteiger partial charge in [0.1, 0.15) is 24.4 Å². The van der Waals surface area contributed by atoms with Crippen molar-refractivity contribution in [2.24, 2.45) is 0 Å². The van der Waals surface area contributed by atoms with Crippen molar-refractivity contribution in [2.75, 3.05) is 0 Å². The lowest BCUT2D eigenvalue weighted by molar-refractivity contribution is -0.131. The summed E-state index contributed by atoms with van der Waals surface area (Å²) in [6, 6.07) is 17.6. The lowest BCUT2D eigenvalue weighted by atomic mass is 9.94. The summed E-state index contributed by atoms with van der Waals surface area (Å²) >= 11 is 6.06. The van der Waals surface area contributed by atoms with Crippen LogP contribution in [0.15, 0.2) is 67.3 Å². The maximum absolute atomic E-state index is 11.7. The number of hydrogen-bond donors (Lipinski definition) is 0. The molecule has 5 rings (SSSR count). The highest BCUT2D eigenvalue weighted by molar-refractivity contribution is 6.30. The van der Waals surface area contributed by atoms with E-state index in [0.717, 1.165) is 27.5 Å². The second-order valence-corrected chi connectivity index (χ2v) is 6.94. The Kier molecular flexibility index (Phi) is 3.69. The van der Waals surface area contributed by atoms with E-state index in [1.807, 2.05) is 41.1 Å². The third-order valence-electron chi connectivity index (χ3n) is 4.86. The van der Waals surface area contributed by atoms with Crippen molar-refractivity contribution in [3.05, 3.63) is 89.0 Å². The molecule has 0 saturated heterocycles. The summed E-state index contributed by atoms with van der Waals surface area (Å²) in [6.45, 7) is 0. The lowest BCUT2D eigenvalue weighted by Crippen LogP contribution is -2.13. The standard InChI is InChI=1S/C21H14ClN3O2/c22-16-6-3-14(4-7-16)21(25-12-23-11-24-25)15-2-1-13-5-8-19-18(17(13)9-15)10-20(26)27-19/h1-9,11-12,21H,10H2. The van der Waals surface area contributed by atoms with Crippen LogP contribution >= 0.6 is 11.6 Å². The van der Waals surface area contributed by atoms with Gasteiger partial charge in [0.15, 0.2) is 0 Å². The Bertz CT molecular complexity index is 1150. The molecule has 6 heteroatoms. The first-order valence-corrected chi connectivity index (χ1v) is 8.92. The molecule has 0 radical (unpaired) electrons. The summed E-state index contributed by atoms with van der Waals surface area (Å²) in [4.78, 5) is 15.8. The van der Waals surface area contributed by atoms with Crippen LogP contribution in [0.3, 0.4) is 0 Å². The molecule has 5 nitrogen and oxygen atoms in total. The molecule has 0 N–H and O–H groups in total. The molecule has 0 saturated carbocycles. The van der Waals surface area contributed by atoms with Gasteiger partial charge in [-0.25, -0.2) is 9.67 Å². The van der Waals surface area contributed by atoms with Crippen molar-refractivity contribution in [2.45, 2.75) is 12.5 Å². The highest BCUT2D eigenvalue weighted by atomic mass is 35.5. The van der Waals surface area contributed by atoms with Crippen LogP contribution in [0.25, 0.3) is 10.8 Å². The predicted molar refractivity (Wildman–Crippen MR) is 102 cm³/mol. The van der Waals surface area contributed by atoms with E-state index in [1.165, 1.54) is 6.33 Å². The SMILES string of the molecule is O=C1Cc2c(ccc3ccc(C(c4ccc(Cl)cc4)n4cncn4)cc23)O1. The van der Waals surface area contributed by atoms with Crippen molar-refractivity contribution >= 4 is 28.3 Å². The minimum absolute atomic E-state index is 0.150. The zero-order chi connectivity index (χ0) is 18.4. The first-order valence-electron chi connectivity index (χ1n) is 8.55. The van der Waals surface area contributed by atoms with Gasteiger partial charge in [-0.1, -0.05) is 41.9 Å². The molecule has 0 bridgehead atoms. The van der Waals surface area contributed by atoms with Crippen LogP contribution in [0.1, 0.15) is 22.7 Å². The minimum Gasteiger partial charge on any atom is -0.426 e. The molecule has 1 aliphatic rings. The van der Waals surface area contributed by atoms with E-state index in [1.54, 1.807) is 6.33 Å². The van der Waals surface area contributed by atoms with E-state index in [4.69, 9.17) is 16.3 Å². The summed E-state index contributed by atoms with van der Waals surface area (Å²) in [6.07, 6.45) is 3.52. The molecule has 132 valence electrons. The molecule has 1 aliphatic heterocycles. The maximum atomic E-state index is 11.7. The number of aromatic nitrogens is 3. The molecular weight excluding hydrogens is 362 g/mol. The molecule has 0 amide bonds. The van der Waals surface area contributed by atoms with Crippen molar-refractivity contribution in [1.82, 2.24) is 14.8 Å². The van der Waals surface area contributed by atoms with E-state index in [9.17, 15) is 4.79 Å². The van der Waals surface area contributed by atoms with Gasteiger partial charge in [-0.3, -0.25) is 4.79 Å². The fourth-order valence-corrected chi connectivity index (χ4v) is 3.75. The quantitative estimate of drug-likeness (QED) is 0.398. The molecule has 1 unspecified atom stereocenters. The predicted octanol–water partition coefficient (Wildman–Crippen LogP) is 4.18. The highest BCUT2D eigenvalue weighted by Crippen LogP contribution is 2.36. The fraction of sp³-hybridized carbons (Fsp3) is 0.0952. The van der Waals surface area contributed by atoms with Crippen LogP contribution in [-0.4, -0.2) is 20.7 Å². The number of benzene rings is 3. The van der Waals surface area contributed by atoms with Crippen LogP contribution in [0.5, 0.6) is 5.75 Å². The first kappa shape index (κ1) is 16.0. The highest BCUT2D eigenvalue weighted by Gasteiger charge is 2.24. The van der Waals surface area contributed by atoms with Gasteiger partial charge >= 0.3 is 5.97 Å². The average Bonchev–Trinajstić information content (AvgIpc) is 3.32. The van der Waals surface area contributed by atoms with Gasteiger partial charge in [-0.2, -0.15) is 5.10 Å². The Labute approximate surface area is 160 Å². The number of hydrogen-bond acceptors (Lipinski definition) is 4. The normalized spacial score (nSPS) is 14.2. The van der Waals surface area contributed by atoms with Gasteiger partial charge in [0.2, 0.25) is 0 Å². The lowest BCUT2D eigenvalue weighted by Gasteiger charge is -2.19. The Hall–Kier alpha value is -3.18.